The Morgan fingerprint density at radius 3 is 1.15 bits per heavy atom. The summed E-state index contributed by atoms with van der Waals surface area (Å²) in [6, 6.07) is 0. The second-order valence-electron chi connectivity index (χ2n) is 6.08. The Balaban J connectivity index is 5.64. The van der Waals surface area contributed by atoms with Crippen molar-refractivity contribution in [2.45, 2.75) is 31.6 Å². The van der Waals surface area contributed by atoms with E-state index in [4.69, 9.17) is 44.9 Å². The number of rotatable bonds is 11. The summed E-state index contributed by atoms with van der Waals surface area (Å²) in [6.07, 6.45) is -6.87. The van der Waals surface area contributed by atoms with Gasteiger partial charge in [0.05, 0.1) is 0 Å². The van der Waals surface area contributed by atoms with Crippen molar-refractivity contribution in [3.63, 3.8) is 0 Å². The number of nitrogens with one attached hydrogen (secondary N) is 10. The van der Waals surface area contributed by atoms with Crippen LogP contribution in [-0.2, 0) is 24.0 Å². The van der Waals surface area contributed by atoms with Crippen LogP contribution in [0.5, 0.6) is 0 Å². The Morgan fingerprint density at radius 2 is 0.879 bits per heavy atom. The molecular formula is C13H27N15O5. The van der Waals surface area contributed by atoms with Gasteiger partial charge in [0.2, 0.25) is 5.91 Å². The molecule has 0 aliphatic heterocycles. The molecule has 20 N–H and O–H groups in total. The number of guanidine groups is 3. The van der Waals surface area contributed by atoms with Gasteiger partial charge >= 0.3 is 0 Å². The number of carbonyl (C=O) groups excluding carboxylic acids is 5. The van der Waals surface area contributed by atoms with Crippen LogP contribution in [0.25, 0.3) is 0 Å². The van der Waals surface area contributed by atoms with Crippen LogP contribution in [0.4, 0.5) is 0 Å². The smallest absolute Gasteiger partial charge is 0.265 e. The maximum absolute atomic E-state index is 12.6. The van der Waals surface area contributed by atoms with Crippen LogP contribution in [0.3, 0.4) is 0 Å². The topological polar surface area (TPSA) is 371 Å². The summed E-state index contributed by atoms with van der Waals surface area (Å²) in [4.78, 5) is 59.6. The molecule has 0 fully saturated rings. The Hall–Kier alpha value is -4.88. The van der Waals surface area contributed by atoms with Gasteiger partial charge in [-0.3, -0.25) is 40.2 Å². The molecule has 0 heterocycles. The quantitative estimate of drug-likeness (QED) is 0.0755. The fraction of sp³-hybridized carbons (Fsp3) is 0.385. The van der Waals surface area contributed by atoms with Crippen molar-refractivity contribution in [2.24, 2.45) is 28.7 Å². The van der Waals surface area contributed by atoms with Gasteiger partial charge < -0.3 is 65.9 Å². The highest BCUT2D eigenvalue weighted by Gasteiger charge is 2.31. The van der Waals surface area contributed by atoms with Gasteiger partial charge in [0.1, 0.15) is 0 Å². The molecule has 33 heavy (non-hydrogen) atoms. The molecular weight excluding hydrogens is 446 g/mol. The molecule has 0 radical (unpaired) electrons. The molecule has 0 aliphatic carbocycles. The van der Waals surface area contributed by atoms with E-state index in [1.165, 1.54) is 0 Å². The van der Waals surface area contributed by atoms with Crippen molar-refractivity contribution >= 4 is 47.4 Å². The minimum absolute atomic E-state index is 0.697. The molecule has 4 unspecified atom stereocenters. The molecule has 5 amide bonds. The van der Waals surface area contributed by atoms with Gasteiger partial charge in [-0.1, -0.05) is 0 Å². The van der Waals surface area contributed by atoms with Gasteiger partial charge in [0, 0.05) is 6.92 Å². The number of hydrogen-bond acceptors (Lipinski definition) is 9. The van der Waals surface area contributed by atoms with Gasteiger partial charge in [0.25, 0.3) is 23.6 Å². The van der Waals surface area contributed by atoms with Gasteiger partial charge in [-0.25, -0.2) is 0 Å². The van der Waals surface area contributed by atoms with Crippen LogP contribution < -0.4 is 65.9 Å². The maximum atomic E-state index is 12.6. The standard InChI is InChI=1S/C13H27N15O5/c1-2(29)22-5(26-11(16)17)9(32)25-7(28-13(20)21)10(33)24-6(27-12(18)19)8(31)23-3(14)4(15)30/h3,5-7H,14H2,1H3,(H2,15,30)(H,22,29)(H,23,31)(H,24,33)(H,25,32)(H4,16,17,26)(H4,18,19,27)(H4,20,21,28). The summed E-state index contributed by atoms with van der Waals surface area (Å²) in [6.45, 7) is 1.06. The summed E-state index contributed by atoms with van der Waals surface area (Å²) < 4.78 is 0. The van der Waals surface area contributed by atoms with E-state index >= 15 is 0 Å². The molecule has 0 aliphatic rings. The minimum atomic E-state index is -1.83. The van der Waals surface area contributed by atoms with E-state index < -0.39 is 72.1 Å². The first-order chi connectivity index (χ1) is 15.1. The first-order valence-corrected chi connectivity index (χ1v) is 8.68. The lowest BCUT2D eigenvalue weighted by molar-refractivity contribution is -0.134. The van der Waals surface area contributed by atoms with E-state index in [0.717, 1.165) is 6.92 Å². The average molecular weight is 473 g/mol. The number of nitrogens with two attached hydrogens (primary N) is 5. The molecule has 0 aromatic carbocycles. The number of hydrogen-bond donors (Lipinski definition) is 15. The summed E-state index contributed by atoms with van der Waals surface area (Å²) in [5, 5.41) is 36.1. The van der Waals surface area contributed by atoms with Crippen LogP contribution in [0.2, 0.25) is 0 Å². The maximum Gasteiger partial charge on any atom is 0.265 e. The van der Waals surface area contributed by atoms with Crippen molar-refractivity contribution in [3.05, 3.63) is 0 Å². The van der Waals surface area contributed by atoms with E-state index in [2.05, 4.69) is 26.6 Å². The highest BCUT2D eigenvalue weighted by atomic mass is 16.2. The first-order valence-electron chi connectivity index (χ1n) is 8.68. The normalized spacial score (nSPS) is 13.5. The minimum Gasteiger partial charge on any atom is -0.370 e. The third-order valence-corrected chi connectivity index (χ3v) is 3.21. The summed E-state index contributed by atoms with van der Waals surface area (Å²) in [5.41, 5.74) is 25.8. The first kappa shape index (κ1) is 28.1. The molecule has 0 saturated heterocycles. The molecule has 0 bridgehead atoms. The summed E-state index contributed by atoms with van der Waals surface area (Å²) in [5.74, 6) is -7.53. The van der Waals surface area contributed by atoms with E-state index in [9.17, 15) is 24.0 Å². The number of primary amides is 1. The van der Waals surface area contributed by atoms with Gasteiger partial charge in [-0.2, -0.15) is 0 Å². The van der Waals surface area contributed by atoms with Crippen LogP contribution in [0.1, 0.15) is 6.92 Å². The highest BCUT2D eigenvalue weighted by Crippen LogP contribution is 1.89. The highest BCUT2D eigenvalue weighted by molar-refractivity contribution is 5.98. The lowest BCUT2D eigenvalue weighted by Crippen LogP contribution is -2.68. The third-order valence-electron chi connectivity index (χ3n) is 3.21. The molecule has 0 rings (SSSR count). The zero-order valence-electron chi connectivity index (χ0n) is 17.2. The Kier molecular flexibility index (Phi) is 10.9. The molecule has 0 saturated carbocycles. The van der Waals surface area contributed by atoms with Gasteiger partial charge in [-0.15, -0.1) is 0 Å². The predicted octanol–water partition coefficient (Wildman–Crippen LogP) is -8.33. The monoisotopic (exact) mass is 473 g/mol. The van der Waals surface area contributed by atoms with Crippen molar-refractivity contribution in [1.82, 2.24) is 37.2 Å². The average Bonchev–Trinajstić information content (AvgIpc) is 2.64. The number of carbonyl (C=O) groups is 5. The Morgan fingerprint density at radius 1 is 0.576 bits per heavy atom. The van der Waals surface area contributed by atoms with Crippen molar-refractivity contribution < 1.29 is 24.0 Å². The molecule has 0 aromatic heterocycles. The van der Waals surface area contributed by atoms with E-state index in [1.807, 2.05) is 10.6 Å². The molecule has 20 heteroatoms. The second kappa shape index (κ2) is 12.7. The predicted molar refractivity (Wildman–Crippen MR) is 112 cm³/mol. The molecule has 0 aromatic rings. The fourth-order valence-electron chi connectivity index (χ4n) is 1.93. The Labute approximate surface area is 186 Å². The summed E-state index contributed by atoms with van der Waals surface area (Å²) >= 11 is 0. The van der Waals surface area contributed by atoms with Gasteiger partial charge in [-0.05, 0) is 0 Å². The van der Waals surface area contributed by atoms with Crippen LogP contribution >= 0.6 is 0 Å². The van der Waals surface area contributed by atoms with Gasteiger partial charge in [0.15, 0.2) is 42.5 Å². The lowest BCUT2D eigenvalue weighted by atomic mass is 10.3. The van der Waals surface area contributed by atoms with E-state index in [1.54, 1.807) is 0 Å². The Bertz CT molecular complexity index is 813. The molecule has 184 valence electrons. The van der Waals surface area contributed by atoms with Crippen LogP contribution in [0, 0.1) is 16.2 Å². The van der Waals surface area contributed by atoms with Crippen molar-refractivity contribution in [1.29, 1.82) is 16.2 Å². The summed E-state index contributed by atoms with van der Waals surface area (Å²) in [7, 11) is 0. The SMILES string of the molecule is CC(=O)NC(NC(=N)N)C(=O)NC(NC(=N)N)C(=O)NC(NC(=N)N)C(=O)NC(N)C(N)=O. The molecule has 0 spiro atoms. The molecule has 4 atom stereocenters. The van der Waals surface area contributed by atoms with E-state index in [0.29, 0.717) is 0 Å². The lowest BCUT2D eigenvalue weighted by Gasteiger charge is -2.26. The molecule has 20 nitrogen and oxygen atoms in total. The zero-order valence-corrected chi connectivity index (χ0v) is 17.2. The van der Waals surface area contributed by atoms with Crippen LogP contribution in [-0.4, -0.2) is 72.1 Å². The zero-order chi connectivity index (χ0) is 25.9. The largest absolute Gasteiger partial charge is 0.370 e. The number of amides is 5. The van der Waals surface area contributed by atoms with Crippen LogP contribution in [0.15, 0.2) is 0 Å². The fourth-order valence-corrected chi connectivity index (χ4v) is 1.93. The second-order valence-corrected chi connectivity index (χ2v) is 6.08. The van der Waals surface area contributed by atoms with Crippen molar-refractivity contribution in [3.8, 4) is 0 Å². The van der Waals surface area contributed by atoms with E-state index in [-0.39, 0.29) is 0 Å². The van der Waals surface area contributed by atoms with Crippen molar-refractivity contribution in [2.75, 3.05) is 0 Å². The third kappa shape index (κ3) is 11.2.